The molecule has 2 aromatic carbocycles. The first-order valence-electron chi connectivity index (χ1n) is 9.78. The summed E-state index contributed by atoms with van der Waals surface area (Å²) < 4.78 is 29.6. The van der Waals surface area contributed by atoms with Crippen LogP contribution in [0.5, 0.6) is 0 Å². The highest BCUT2D eigenvalue weighted by molar-refractivity contribution is 7.90. The lowest BCUT2D eigenvalue weighted by atomic mass is 9.95. The molecule has 2 aliphatic rings. The van der Waals surface area contributed by atoms with Crippen molar-refractivity contribution >= 4 is 49.0 Å². The number of nitrogens with one attached hydrogen (secondary N) is 1. The molecule has 1 amide bonds. The summed E-state index contributed by atoms with van der Waals surface area (Å²) in [5.74, 6) is 0.376. The number of carbonyl (C=O) groups excluding carboxylic acids is 1. The van der Waals surface area contributed by atoms with Crippen LogP contribution in [0.4, 0.5) is 5.69 Å². The van der Waals surface area contributed by atoms with Crippen LogP contribution in [0.2, 0.25) is 0 Å². The molecule has 5 rings (SSSR count). The molecule has 1 fully saturated rings. The Labute approximate surface area is 178 Å². The second-order valence-corrected chi connectivity index (χ2v) is 10.4. The third kappa shape index (κ3) is 3.37. The number of hydrogen-bond donors (Lipinski definition) is 1. The van der Waals surface area contributed by atoms with Gasteiger partial charge in [-0.05, 0) is 50.1 Å². The van der Waals surface area contributed by atoms with E-state index in [0.717, 1.165) is 20.9 Å². The average molecular weight is 441 g/mol. The molecule has 1 saturated heterocycles. The fraction of sp³-hybridized carbons (Fsp3) is 0.286. The zero-order chi connectivity index (χ0) is 20.9. The predicted molar refractivity (Wildman–Crippen MR) is 117 cm³/mol. The van der Waals surface area contributed by atoms with Crippen LogP contribution >= 0.6 is 11.3 Å². The van der Waals surface area contributed by atoms with Crippen molar-refractivity contribution in [2.45, 2.75) is 24.7 Å². The Morgan fingerprint density at radius 1 is 1.17 bits per heavy atom. The highest BCUT2D eigenvalue weighted by Crippen LogP contribution is 2.30. The van der Waals surface area contributed by atoms with Crippen molar-refractivity contribution in [2.24, 2.45) is 10.3 Å². The number of piperidine rings is 1. The smallest absolute Gasteiger partial charge is 0.285 e. The van der Waals surface area contributed by atoms with Gasteiger partial charge in [-0.2, -0.15) is 8.42 Å². The van der Waals surface area contributed by atoms with E-state index in [1.165, 1.54) is 0 Å². The quantitative estimate of drug-likeness (QED) is 0.659. The van der Waals surface area contributed by atoms with Crippen molar-refractivity contribution in [2.75, 3.05) is 18.4 Å². The molecule has 0 spiro atoms. The molecule has 0 radical (unpaired) electrons. The van der Waals surface area contributed by atoms with Gasteiger partial charge >= 0.3 is 0 Å². The number of amides is 1. The molecule has 30 heavy (non-hydrogen) atoms. The Hall–Kier alpha value is -2.78. The number of anilines is 1. The van der Waals surface area contributed by atoms with Gasteiger partial charge in [-0.25, -0.2) is 4.98 Å². The lowest BCUT2D eigenvalue weighted by Crippen LogP contribution is -2.41. The van der Waals surface area contributed by atoms with E-state index in [-0.39, 0.29) is 16.7 Å². The normalized spacial score (nSPS) is 18.3. The van der Waals surface area contributed by atoms with E-state index in [1.807, 2.05) is 36.1 Å². The fourth-order valence-corrected chi connectivity index (χ4v) is 6.13. The van der Waals surface area contributed by atoms with E-state index in [0.29, 0.717) is 37.3 Å². The maximum Gasteiger partial charge on any atom is 0.285 e. The summed E-state index contributed by atoms with van der Waals surface area (Å²) in [4.78, 5) is 19.4. The molecule has 0 bridgehead atoms. The van der Waals surface area contributed by atoms with Gasteiger partial charge in [0.15, 0.2) is 5.84 Å². The number of fused-ring (bicyclic) bond motifs is 2. The van der Waals surface area contributed by atoms with E-state index in [1.54, 1.807) is 29.5 Å². The van der Waals surface area contributed by atoms with Gasteiger partial charge in [0.2, 0.25) is 5.91 Å². The van der Waals surface area contributed by atoms with Gasteiger partial charge < -0.3 is 10.2 Å². The molecule has 0 saturated carbocycles. The van der Waals surface area contributed by atoms with E-state index in [4.69, 9.17) is 0 Å². The molecule has 3 aromatic rings. The molecule has 1 aromatic heterocycles. The monoisotopic (exact) mass is 440 g/mol. The number of likely N-dealkylation sites (tertiary alicyclic amines) is 1. The topological polar surface area (TPSA) is 91.7 Å². The molecule has 2 aliphatic heterocycles. The van der Waals surface area contributed by atoms with Crippen LogP contribution in [-0.4, -0.2) is 43.1 Å². The highest BCUT2D eigenvalue weighted by Gasteiger charge is 2.34. The summed E-state index contributed by atoms with van der Waals surface area (Å²) in [6.45, 7) is 3.15. The lowest BCUT2D eigenvalue weighted by Gasteiger charge is -2.32. The van der Waals surface area contributed by atoms with Crippen LogP contribution in [0.1, 0.15) is 23.4 Å². The van der Waals surface area contributed by atoms with Crippen LogP contribution in [0.15, 0.2) is 51.8 Å². The maximum atomic E-state index is 12.8. The first kappa shape index (κ1) is 19.2. The van der Waals surface area contributed by atoms with Crippen LogP contribution in [0.3, 0.4) is 0 Å². The molecule has 0 atom stereocenters. The number of thiazole rings is 1. The summed E-state index contributed by atoms with van der Waals surface area (Å²) in [5, 5.41) is 4.02. The van der Waals surface area contributed by atoms with Crippen molar-refractivity contribution in [1.82, 2.24) is 9.88 Å². The SMILES string of the molecule is Cc1nc2ccc(NC(=O)C3CCN(C4=NS(=O)(=O)c5ccccc54)CC3)cc2s1. The van der Waals surface area contributed by atoms with Gasteiger partial charge in [0.25, 0.3) is 10.0 Å². The molecule has 9 heteroatoms. The summed E-state index contributed by atoms with van der Waals surface area (Å²) in [7, 11) is -3.63. The highest BCUT2D eigenvalue weighted by atomic mass is 32.2. The Balaban J connectivity index is 1.26. The standard InChI is InChI=1S/C21H20N4O3S2/c1-13-22-17-7-6-15(12-18(17)29-13)23-21(26)14-8-10-25(11-9-14)20-16-4-2-3-5-19(16)30(27,28)24-20/h2-7,12,14H,8-11H2,1H3,(H,23,26). The minimum atomic E-state index is -3.63. The zero-order valence-corrected chi connectivity index (χ0v) is 18.0. The number of benzene rings is 2. The Morgan fingerprint density at radius 2 is 1.93 bits per heavy atom. The summed E-state index contributed by atoms with van der Waals surface area (Å²) in [5.41, 5.74) is 2.36. The number of rotatable bonds is 2. The van der Waals surface area contributed by atoms with Gasteiger partial charge in [-0.15, -0.1) is 15.7 Å². The second kappa shape index (κ2) is 7.17. The van der Waals surface area contributed by atoms with Crippen molar-refractivity contribution in [3.8, 4) is 0 Å². The Bertz CT molecular complexity index is 1290. The van der Waals surface area contributed by atoms with Crippen LogP contribution in [-0.2, 0) is 14.8 Å². The van der Waals surface area contributed by atoms with Gasteiger partial charge in [-0.3, -0.25) is 4.79 Å². The Kier molecular flexibility index (Phi) is 4.59. The van der Waals surface area contributed by atoms with Gasteiger partial charge in [-0.1, -0.05) is 12.1 Å². The van der Waals surface area contributed by atoms with Crippen molar-refractivity contribution in [3.63, 3.8) is 0 Å². The molecule has 0 unspecified atom stereocenters. The second-order valence-electron chi connectivity index (χ2n) is 7.55. The number of aromatic nitrogens is 1. The van der Waals surface area contributed by atoms with E-state index in [9.17, 15) is 13.2 Å². The van der Waals surface area contributed by atoms with Gasteiger partial charge in [0.05, 0.1) is 15.2 Å². The molecule has 1 N–H and O–H groups in total. The van der Waals surface area contributed by atoms with Crippen molar-refractivity contribution < 1.29 is 13.2 Å². The first-order valence-corrected chi connectivity index (χ1v) is 12.0. The van der Waals surface area contributed by atoms with Crippen LogP contribution in [0.25, 0.3) is 10.2 Å². The van der Waals surface area contributed by atoms with Crippen molar-refractivity contribution in [3.05, 3.63) is 53.0 Å². The minimum absolute atomic E-state index is 0.00313. The summed E-state index contributed by atoms with van der Waals surface area (Å²) in [6.07, 6.45) is 1.30. The number of aryl methyl sites for hydroxylation is 1. The minimum Gasteiger partial charge on any atom is -0.355 e. The lowest BCUT2D eigenvalue weighted by molar-refractivity contribution is -0.120. The average Bonchev–Trinajstić information content (AvgIpc) is 3.24. The molecular weight excluding hydrogens is 420 g/mol. The third-order valence-electron chi connectivity index (χ3n) is 5.54. The fourth-order valence-electron chi connectivity index (χ4n) is 4.03. The predicted octanol–water partition coefficient (Wildman–Crippen LogP) is 3.40. The number of nitrogens with zero attached hydrogens (tertiary/aromatic N) is 3. The van der Waals surface area contributed by atoms with E-state index < -0.39 is 10.0 Å². The Morgan fingerprint density at radius 3 is 2.73 bits per heavy atom. The molecule has 3 heterocycles. The summed E-state index contributed by atoms with van der Waals surface area (Å²) >= 11 is 1.61. The van der Waals surface area contributed by atoms with Gasteiger partial charge in [0.1, 0.15) is 4.90 Å². The number of carbonyl (C=O) groups is 1. The first-order chi connectivity index (χ1) is 14.4. The van der Waals surface area contributed by atoms with E-state index in [2.05, 4.69) is 14.7 Å². The number of sulfonamides is 1. The molecule has 154 valence electrons. The van der Waals surface area contributed by atoms with E-state index >= 15 is 0 Å². The largest absolute Gasteiger partial charge is 0.355 e. The maximum absolute atomic E-state index is 12.8. The number of hydrogen-bond acceptors (Lipinski definition) is 6. The molecule has 7 nitrogen and oxygen atoms in total. The molecular formula is C21H20N4O3S2. The zero-order valence-electron chi connectivity index (χ0n) is 16.3. The van der Waals surface area contributed by atoms with Crippen LogP contribution < -0.4 is 5.32 Å². The third-order valence-corrected chi connectivity index (χ3v) is 7.80. The molecule has 0 aliphatic carbocycles. The van der Waals surface area contributed by atoms with Crippen LogP contribution in [0, 0.1) is 12.8 Å². The van der Waals surface area contributed by atoms with Gasteiger partial charge in [0, 0.05) is 30.3 Å². The van der Waals surface area contributed by atoms with Crippen molar-refractivity contribution in [1.29, 1.82) is 0 Å². The number of amidine groups is 1. The summed E-state index contributed by atoms with van der Waals surface area (Å²) in [6, 6.07) is 12.7.